The number of nitrogens with one attached hydrogen (secondary N) is 1. The molecule has 3 aromatic carbocycles. The second-order valence-corrected chi connectivity index (χ2v) is 8.31. The molecule has 1 amide bonds. The Kier molecular flexibility index (Phi) is 5.63. The second kappa shape index (κ2) is 8.90. The molecule has 4 aromatic rings. The zero-order valence-electron chi connectivity index (χ0n) is 18.8. The smallest absolute Gasteiger partial charge is 0.251 e. The third-order valence-electron chi connectivity index (χ3n) is 5.80. The molecule has 0 saturated carbocycles. The predicted molar refractivity (Wildman–Crippen MR) is 129 cm³/mol. The lowest BCUT2D eigenvalue weighted by atomic mass is 9.99. The number of amides is 1. The molecule has 1 N–H and O–H groups in total. The number of tetrazole rings is 1. The molecule has 0 bridgehead atoms. The number of benzene rings is 3. The van der Waals surface area contributed by atoms with Gasteiger partial charge in [-0.25, -0.2) is 4.39 Å². The van der Waals surface area contributed by atoms with Gasteiger partial charge < -0.3 is 5.32 Å². The lowest BCUT2D eigenvalue weighted by molar-refractivity contribution is -0.114. The average molecular weight is 455 g/mol. The van der Waals surface area contributed by atoms with Gasteiger partial charge in [-0.3, -0.25) is 9.69 Å². The molecular formula is C26H23FN6O. The summed E-state index contributed by atoms with van der Waals surface area (Å²) in [5.74, 6) is -0.438. The van der Waals surface area contributed by atoms with Crippen LogP contribution >= 0.6 is 0 Å². The van der Waals surface area contributed by atoms with Crippen molar-refractivity contribution in [2.75, 3.05) is 16.8 Å². The van der Waals surface area contributed by atoms with Gasteiger partial charge in [0.25, 0.3) is 5.95 Å². The number of hydrogen-bond donors (Lipinski definition) is 1. The van der Waals surface area contributed by atoms with Crippen molar-refractivity contribution >= 4 is 23.2 Å². The van der Waals surface area contributed by atoms with Gasteiger partial charge in [0.15, 0.2) is 0 Å². The lowest BCUT2D eigenvalue weighted by Crippen LogP contribution is -2.37. The summed E-state index contributed by atoms with van der Waals surface area (Å²) >= 11 is 0. The van der Waals surface area contributed by atoms with Crippen molar-refractivity contribution < 1.29 is 9.18 Å². The molecule has 0 aliphatic carbocycles. The largest absolute Gasteiger partial charge is 0.322 e. The van der Waals surface area contributed by atoms with Crippen molar-refractivity contribution in [2.45, 2.75) is 19.9 Å². The summed E-state index contributed by atoms with van der Waals surface area (Å²) in [5.41, 5.74) is 5.17. The Morgan fingerprint density at radius 1 is 0.971 bits per heavy atom. The first-order chi connectivity index (χ1) is 16.5. The van der Waals surface area contributed by atoms with E-state index in [2.05, 4.69) is 39.1 Å². The Labute approximate surface area is 196 Å². The number of rotatable bonds is 5. The van der Waals surface area contributed by atoms with Crippen LogP contribution in [0.15, 0.2) is 78.9 Å². The minimum absolute atomic E-state index is 0.0883. The van der Waals surface area contributed by atoms with Gasteiger partial charge in [0, 0.05) is 0 Å². The van der Waals surface area contributed by atoms with Crippen LogP contribution in [0.2, 0.25) is 0 Å². The third-order valence-corrected chi connectivity index (χ3v) is 5.80. The van der Waals surface area contributed by atoms with Crippen molar-refractivity contribution in [3.05, 3.63) is 107 Å². The van der Waals surface area contributed by atoms with E-state index in [0.29, 0.717) is 5.95 Å². The Hall–Kier alpha value is -4.33. The van der Waals surface area contributed by atoms with Crippen molar-refractivity contribution in [1.29, 1.82) is 0 Å². The number of allylic oxidation sites excluding steroid dienone is 1. The van der Waals surface area contributed by atoms with E-state index in [0.717, 1.165) is 28.0 Å². The standard InChI is InChI=1S/C26H23FN6O/c1-17-7-11-19(12-8-17)23-15-24(20-13-9-18(2)10-14-20)33-26(29-30-31-33)32(23)16-25(34)28-22-6-4-3-5-21(22)27/h3-15,24H,16H2,1-2H3,(H,28,34)/t24-/m1/s1. The highest BCUT2D eigenvalue weighted by Gasteiger charge is 2.32. The van der Waals surface area contributed by atoms with Gasteiger partial charge in [0.1, 0.15) is 18.4 Å². The van der Waals surface area contributed by atoms with Gasteiger partial charge in [0.2, 0.25) is 5.91 Å². The first-order valence-corrected chi connectivity index (χ1v) is 10.9. The minimum atomic E-state index is -0.493. The maximum atomic E-state index is 14.1. The average Bonchev–Trinajstić information content (AvgIpc) is 3.32. The molecule has 0 radical (unpaired) electrons. The van der Waals surface area contributed by atoms with Crippen LogP contribution in [0.5, 0.6) is 0 Å². The molecule has 170 valence electrons. The number of hydrogen-bond acceptors (Lipinski definition) is 5. The first kappa shape index (κ1) is 21.5. The topological polar surface area (TPSA) is 75.9 Å². The summed E-state index contributed by atoms with van der Waals surface area (Å²) in [6.45, 7) is 3.97. The summed E-state index contributed by atoms with van der Waals surface area (Å²) < 4.78 is 15.8. The van der Waals surface area contributed by atoms with Crippen molar-refractivity contribution in [3.8, 4) is 0 Å². The Morgan fingerprint density at radius 3 is 2.35 bits per heavy atom. The van der Waals surface area contributed by atoms with Gasteiger partial charge in [-0.05, 0) is 53.6 Å². The van der Waals surface area contributed by atoms with E-state index in [-0.39, 0.29) is 24.2 Å². The summed E-state index contributed by atoms with van der Waals surface area (Å²) in [4.78, 5) is 14.7. The monoisotopic (exact) mass is 454 g/mol. The van der Waals surface area contributed by atoms with E-state index < -0.39 is 5.82 Å². The normalized spacial score (nSPS) is 15.0. The SMILES string of the molecule is Cc1ccc(C2=C[C@H](c3ccc(C)cc3)n3nnnc3N2CC(=O)Nc2ccccc2F)cc1. The molecule has 1 aromatic heterocycles. The van der Waals surface area contributed by atoms with Crippen LogP contribution in [-0.4, -0.2) is 32.7 Å². The molecule has 0 unspecified atom stereocenters. The number of nitrogens with zero attached hydrogens (tertiary/aromatic N) is 5. The van der Waals surface area contributed by atoms with Crippen LogP contribution in [0, 0.1) is 19.7 Å². The molecule has 2 heterocycles. The summed E-state index contributed by atoms with van der Waals surface area (Å²) in [5, 5.41) is 15.0. The van der Waals surface area contributed by atoms with Crippen LogP contribution in [0.25, 0.3) is 5.70 Å². The molecule has 0 fully saturated rings. The number of aromatic nitrogens is 4. The van der Waals surface area contributed by atoms with E-state index in [1.54, 1.807) is 21.7 Å². The van der Waals surface area contributed by atoms with E-state index in [1.165, 1.54) is 12.1 Å². The lowest BCUT2D eigenvalue weighted by Gasteiger charge is -2.32. The van der Waals surface area contributed by atoms with Gasteiger partial charge >= 0.3 is 0 Å². The van der Waals surface area contributed by atoms with Crippen LogP contribution in [0.3, 0.4) is 0 Å². The molecule has 34 heavy (non-hydrogen) atoms. The van der Waals surface area contributed by atoms with Crippen LogP contribution in [-0.2, 0) is 4.79 Å². The summed E-state index contributed by atoms with van der Waals surface area (Å²) in [6, 6.07) is 22.1. The van der Waals surface area contributed by atoms with Gasteiger partial charge in [-0.1, -0.05) is 76.9 Å². The Morgan fingerprint density at radius 2 is 1.65 bits per heavy atom. The Balaban J connectivity index is 1.54. The number of aryl methyl sites for hydroxylation is 2. The van der Waals surface area contributed by atoms with Crippen LogP contribution in [0.4, 0.5) is 16.0 Å². The molecule has 5 rings (SSSR count). The van der Waals surface area contributed by atoms with Crippen molar-refractivity contribution in [2.24, 2.45) is 0 Å². The van der Waals surface area contributed by atoms with Gasteiger partial charge in [0.05, 0.1) is 11.4 Å². The molecule has 1 atom stereocenters. The fourth-order valence-corrected chi connectivity index (χ4v) is 3.99. The fourth-order valence-electron chi connectivity index (χ4n) is 3.99. The highest BCUT2D eigenvalue weighted by molar-refractivity contribution is 5.97. The Bertz CT molecular complexity index is 1360. The number of para-hydroxylation sites is 1. The summed E-state index contributed by atoms with van der Waals surface area (Å²) in [6.07, 6.45) is 2.05. The maximum Gasteiger partial charge on any atom is 0.251 e. The zero-order valence-corrected chi connectivity index (χ0v) is 18.8. The van der Waals surface area contributed by atoms with E-state index in [9.17, 15) is 9.18 Å². The molecule has 0 spiro atoms. The van der Waals surface area contributed by atoms with Crippen molar-refractivity contribution in [1.82, 2.24) is 20.2 Å². The number of halogens is 1. The highest BCUT2D eigenvalue weighted by atomic mass is 19.1. The van der Waals surface area contributed by atoms with E-state index in [1.807, 2.05) is 50.2 Å². The molecule has 1 aliphatic rings. The van der Waals surface area contributed by atoms with E-state index >= 15 is 0 Å². The highest BCUT2D eigenvalue weighted by Crippen LogP contribution is 2.36. The van der Waals surface area contributed by atoms with Crippen LogP contribution in [0.1, 0.15) is 28.3 Å². The zero-order chi connectivity index (χ0) is 23.7. The molecule has 8 heteroatoms. The fraction of sp³-hybridized carbons (Fsp3) is 0.154. The number of anilines is 2. The second-order valence-electron chi connectivity index (χ2n) is 8.31. The maximum absolute atomic E-state index is 14.1. The minimum Gasteiger partial charge on any atom is -0.322 e. The number of carbonyl (C=O) groups is 1. The predicted octanol–water partition coefficient (Wildman–Crippen LogP) is 4.52. The number of fused-ring (bicyclic) bond motifs is 1. The molecular weight excluding hydrogens is 431 g/mol. The van der Waals surface area contributed by atoms with Gasteiger partial charge in [-0.2, -0.15) is 4.68 Å². The van der Waals surface area contributed by atoms with Crippen LogP contribution < -0.4 is 10.2 Å². The summed E-state index contributed by atoms with van der Waals surface area (Å²) in [7, 11) is 0. The number of carbonyl (C=O) groups excluding carboxylic acids is 1. The third kappa shape index (κ3) is 4.17. The quantitative estimate of drug-likeness (QED) is 0.480. The molecule has 7 nitrogen and oxygen atoms in total. The van der Waals surface area contributed by atoms with Gasteiger partial charge in [-0.15, -0.1) is 0 Å². The van der Waals surface area contributed by atoms with E-state index in [4.69, 9.17) is 0 Å². The molecule has 0 saturated heterocycles. The first-order valence-electron chi connectivity index (χ1n) is 10.9. The molecule has 1 aliphatic heterocycles. The van der Waals surface area contributed by atoms with Crippen molar-refractivity contribution in [3.63, 3.8) is 0 Å².